The molecule has 7 nitrogen and oxygen atoms in total. The molecule has 0 aliphatic carbocycles. The molecule has 0 aliphatic rings. The fourth-order valence-corrected chi connectivity index (χ4v) is 2.84. The number of rotatable bonds is 10. The summed E-state index contributed by atoms with van der Waals surface area (Å²) in [7, 11) is 1.30. The Morgan fingerprint density at radius 2 is 2.07 bits per heavy atom. The third-order valence-electron chi connectivity index (χ3n) is 3.80. The summed E-state index contributed by atoms with van der Waals surface area (Å²) in [6.07, 6.45) is 3.59. The van der Waals surface area contributed by atoms with E-state index >= 15 is 0 Å². The number of methoxy groups -OCH3 is 1. The minimum absolute atomic E-state index is 0.223. The van der Waals surface area contributed by atoms with Crippen LogP contribution in [0.25, 0.3) is 11.4 Å². The summed E-state index contributed by atoms with van der Waals surface area (Å²) in [5, 5.41) is 6.55. The number of ether oxygens (including phenoxy) is 1. The number of amides is 1. The number of benzene rings is 1. The summed E-state index contributed by atoms with van der Waals surface area (Å²) in [6, 6.07) is 5.15. The molecule has 0 saturated heterocycles. The Bertz CT molecular complexity index is 751. The topological polar surface area (TPSA) is 94.3 Å². The van der Waals surface area contributed by atoms with Crippen molar-refractivity contribution in [3.05, 3.63) is 36.0 Å². The van der Waals surface area contributed by atoms with E-state index in [0.717, 1.165) is 5.75 Å². The van der Waals surface area contributed by atoms with Gasteiger partial charge in [-0.15, -0.1) is 0 Å². The molecule has 1 atom stereocenters. The molecular formula is C18H22FN3O4S. The van der Waals surface area contributed by atoms with Gasteiger partial charge in [0.25, 0.3) is 0 Å². The molecule has 1 aromatic heterocycles. The van der Waals surface area contributed by atoms with Crippen LogP contribution in [0.5, 0.6) is 0 Å². The van der Waals surface area contributed by atoms with Crippen molar-refractivity contribution in [3.63, 3.8) is 0 Å². The quantitative estimate of drug-likeness (QED) is 0.618. The predicted molar refractivity (Wildman–Crippen MR) is 99.6 cm³/mol. The Labute approximate surface area is 161 Å². The number of carbonyl (C=O) groups excluding carboxylic acids is 2. The molecule has 0 saturated carbocycles. The molecule has 0 spiro atoms. The first-order valence-electron chi connectivity index (χ1n) is 8.48. The van der Waals surface area contributed by atoms with Crippen LogP contribution in [0.4, 0.5) is 4.39 Å². The van der Waals surface area contributed by atoms with Gasteiger partial charge in [0.2, 0.25) is 17.6 Å². The molecule has 1 amide bonds. The number of hydrogen-bond acceptors (Lipinski definition) is 7. The molecule has 146 valence electrons. The molecule has 1 N–H and O–H groups in total. The highest BCUT2D eigenvalue weighted by Crippen LogP contribution is 2.16. The van der Waals surface area contributed by atoms with Gasteiger partial charge in [0.05, 0.1) is 7.11 Å². The van der Waals surface area contributed by atoms with Crippen molar-refractivity contribution in [1.82, 2.24) is 15.5 Å². The van der Waals surface area contributed by atoms with Crippen LogP contribution < -0.4 is 5.32 Å². The minimum atomic E-state index is -0.636. The Balaban J connectivity index is 1.80. The van der Waals surface area contributed by atoms with Crippen LogP contribution in [0.15, 0.2) is 28.8 Å². The number of nitrogens with zero attached hydrogens (tertiary/aromatic N) is 2. The van der Waals surface area contributed by atoms with Gasteiger partial charge in [-0.3, -0.25) is 4.79 Å². The van der Waals surface area contributed by atoms with Gasteiger partial charge >= 0.3 is 5.97 Å². The van der Waals surface area contributed by atoms with Gasteiger partial charge in [-0.25, -0.2) is 9.18 Å². The van der Waals surface area contributed by atoms with Crippen molar-refractivity contribution in [1.29, 1.82) is 0 Å². The molecule has 2 rings (SSSR count). The van der Waals surface area contributed by atoms with Crippen LogP contribution in [-0.4, -0.2) is 47.2 Å². The van der Waals surface area contributed by atoms with Crippen molar-refractivity contribution < 1.29 is 23.2 Å². The number of carbonyl (C=O) groups is 2. The van der Waals surface area contributed by atoms with Crippen molar-refractivity contribution in [2.45, 2.75) is 31.7 Å². The number of esters is 1. The van der Waals surface area contributed by atoms with Crippen LogP contribution in [0, 0.1) is 5.82 Å². The molecule has 1 heterocycles. The maximum atomic E-state index is 12.9. The van der Waals surface area contributed by atoms with Crippen molar-refractivity contribution in [2.75, 3.05) is 19.1 Å². The lowest BCUT2D eigenvalue weighted by atomic mass is 10.2. The van der Waals surface area contributed by atoms with Gasteiger partial charge in [-0.1, -0.05) is 5.16 Å². The largest absolute Gasteiger partial charge is 0.467 e. The molecule has 0 radical (unpaired) electrons. The first-order valence-corrected chi connectivity index (χ1v) is 9.87. The fraction of sp³-hybridized carbons (Fsp3) is 0.444. The van der Waals surface area contributed by atoms with Crippen LogP contribution in [0.3, 0.4) is 0 Å². The number of nitrogens with one attached hydrogen (secondary N) is 1. The minimum Gasteiger partial charge on any atom is -0.467 e. The molecule has 2 aromatic rings. The monoisotopic (exact) mass is 395 g/mol. The van der Waals surface area contributed by atoms with E-state index in [1.165, 1.54) is 19.2 Å². The van der Waals surface area contributed by atoms with Gasteiger partial charge in [-0.2, -0.15) is 16.7 Å². The number of hydrogen-bond donors (Lipinski definition) is 1. The Kier molecular flexibility index (Phi) is 8.25. The van der Waals surface area contributed by atoms with Gasteiger partial charge in [0.15, 0.2) is 0 Å². The summed E-state index contributed by atoms with van der Waals surface area (Å²) in [6.45, 7) is 0. The standard InChI is InChI=1S/C18H22FN3O4S/c1-25-18(24)14(10-11-27-2)20-15(23)4-3-5-16-21-17(22-26-16)12-6-8-13(19)9-7-12/h6-9,14H,3-5,10-11H2,1-2H3,(H,20,23)/t14-/m0/s1. The summed E-state index contributed by atoms with van der Waals surface area (Å²) < 4.78 is 22.8. The molecule has 1 aromatic carbocycles. The zero-order chi connectivity index (χ0) is 19.6. The number of halogens is 1. The lowest BCUT2D eigenvalue weighted by molar-refractivity contribution is -0.145. The lowest BCUT2D eigenvalue weighted by Crippen LogP contribution is -2.41. The number of aryl methyl sites for hydroxylation is 1. The zero-order valence-corrected chi connectivity index (χ0v) is 16.1. The third kappa shape index (κ3) is 6.67. The SMILES string of the molecule is COC(=O)[C@H](CCSC)NC(=O)CCCc1nc(-c2ccc(F)cc2)no1. The Morgan fingerprint density at radius 1 is 1.33 bits per heavy atom. The zero-order valence-electron chi connectivity index (χ0n) is 15.2. The van der Waals surface area contributed by atoms with Gasteiger partial charge < -0.3 is 14.6 Å². The average Bonchev–Trinajstić information content (AvgIpc) is 3.14. The van der Waals surface area contributed by atoms with E-state index in [9.17, 15) is 14.0 Å². The number of thioether (sulfide) groups is 1. The number of aromatic nitrogens is 2. The molecule has 0 unspecified atom stereocenters. The van der Waals surface area contributed by atoms with Gasteiger partial charge in [0.1, 0.15) is 11.9 Å². The van der Waals surface area contributed by atoms with Crippen LogP contribution in [0.2, 0.25) is 0 Å². The van der Waals surface area contributed by atoms with E-state index in [0.29, 0.717) is 36.5 Å². The summed E-state index contributed by atoms with van der Waals surface area (Å²) in [4.78, 5) is 28.0. The van der Waals surface area contributed by atoms with E-state index < -0.39 is 12.0 Å². The van der Waals surface area contributed by atoms with Gasteiger partial charge in [0, 0.05) is 18.4 Å². The Morgan fingerprint density at radius 3 is 2.74 bits per heavy atom. The van der Waals surface area contributed by atoms with E-state index in [4.69, 9.17) is 9.26 Å². The first-order chi connectivity index (χ1) is 13.0. The molecule has 0 aliphatic heterocycles. The summed E-state index contributed by atoms with van der Waals surface area (Å²) in [5.41, 5.74) is 0.652. The summed E-state index contributed by atoms with van der Waals surface area (Å²) in [5.74, 6) is 0.499. The van der Waals surface area contributed by atoms with E-state index in [1.54, 1.807) is 23.9 Å². The molecule has 0 fully saturated rings. The van der Waals surface area contributed by atoms with Crippen molar-refractivity contribution in [2.24, 2.45) is 0 Å². The van der Waals surface area contributed by atoms with E-state index in [1.807, 2.05) is 6.26 Å². The predicted octanol–water partition coefficient (Wildman–Crippen LogP) is 2.61. The summed E-state index contributed by atoms with van der Waals surface area (Å²) >= 11 is 1.59. The normalized spacial score (nSPS) is 11.8. The average molecular weight is 395 g/mol. The second kappa shape index (κ2) is 10.7. The molecule has 0 bridgehead atoms. The van der Waals surface area contributed by atoms with Gasteiger partial charge in [-0.05, 0) is 49.1 Å². The molecule has 27 heavy (non-hydrogen) atoms. The highest BCUT2D eigenvalue weighted by Gasteiger charge is 2.20. The molecular weight excluding hydrogens is 373 g/mol. The second-order valence-corrected chi connectivity index (χ2v) is 6.78. The maximum absolute atomic E-state index is 12.9. The van der Waals surface area contributed by atoms with Crippen LogP contribution in [0.1, 0.15) is 25.2 Å². The van der Waals surface area contributed by atoms with Crippen molar-refractivity contribution in [3.8, 4) is 11.4 Å². The second-order valence-electron chi connectivity index (χ2n) is 5.80. The van der Waals surface area contributed by atoms with Crippen molar-refractivity contribution >= 4 is 23.6 Å². The smallest absolute Gasteiger partial charge is 0.328 e. The fourth-order valence-electron chi connectivity index (χ4n) is 2.37. The Hall–Kier alpha value is -2.42. The highest BCUT2D eigenvalue weighted by atomic mass is 32.2. The highest BCUT2D eigenvalue weighted by molar-refractivity contribution is 7.98. The van der Waals surface area contributed by atoms with E-state index in [2.05, 4.69) is 15.5 Å². The third-order valence-corrected chi connectivity index (χ3v) is 4.44. The maximum Gasteiger partial charge on any atom is 0.328 e. The van der Waals surface area contributed by atoms with Crippen LogP contribution >= 0.6 is 11.8 Å². The molecule has 9 heteroatoms. The first kappa shape index (κ1) is 20.9. The van der Waals surface area contributed by atoms with E-state index in [-0.39, 0.29) is 18.1 Å². The lowest BCUT2D eigenvalue weighted by Gasteiger charge is -2.15. The van der Waals surface area contributed by atoms with Crippen LogP contribution in [-0.2, 0) is 20.7 Å².